The Morgan fingerprint density at radius 2 is 0.615 bits per heavy atom. The topological polar surface area (TPSA) is 0 Å². The SMILES string of the molecule is CC(C)(C12CC3CC(CC(C3)C1)C2)C(C)(C)C12CC3CC(CC(C3)C1)C2. The molecule has 8 aliphatic rings. The van der Waals surface area contributed by atoms with Crippen molar-refractivity contribution in [1.29, 1.82) is 0 Å². The Morgan fingerprint density at radius 3 is 0.808 bits per heavy atom. The number of hydrogen-bond donors (Lipinski definition) is 0. The minimum atomic E-state index is 0.502. The number of rotatable bonds is 3. The van der Waals surface area contributed by atoms with Gasteiger partial charge in [-0.25, -0.2) is 0 Å². The summed E-state index contributed by atoms with van der Waals surface area (Å²) in [5.41, 5.74) is 2.35. The molecule has 8 fully saturated rings. The van der Waals surface area contributed by atoms with E-state index in [0.717, 1.165) is 35.5 Å². The molecule has 0 nitrogen and oxygen atoms in total. The van der Waals surface area contributed by atoms with E-state index in [2.05, 4.69) is 27.7 Å². The largest absolute Gasteiger partial charge is 0.0588 e. The molecule has 26 heavy (non-hydrogen) atoms. The molecular weight excluding hydrogens is 312 g/mol. The maximum Gasteiger partial charge on any atom is -0.0233 e. The van der Waals surface area contributed by atoms with Crippen LogP contribution in [0.5, 0.6) is 0 Å². The van der Waals surface area contributed by atoms with Crippen LogP contribution in [0, 0.1) is 57.2 Å². The molecule has 0 aromatic heterocycles. The lowest BCUT2D eigenvalue weighted by atomic mass is 9.33. The van der Waals surface area contributed by atoms with Crippen LogP contribution in [0.3, 0.4) is 0 Å². The Balaban J connectivity index is 1.39. The zero-order valence-corrected chi connectivity index (χ0v) is 17.9. The second-order valence-corrected chi connectivity index (χ2v) is 13.6. The van der Waals surface area contributed by atoms with Crippen molar-refractivity contribution in [3.05, 3.63) is 0 Å². The van der Waals surface area contributed by atoms with Crippen molar-refractivity contribution in [3.8, 4) is 0 Å². The van der Waals surface area contributed by atoms with E-state index in [-0.39, 0.29) is 0 Å². The molecule has 8 saturated carbocycles. The van der Waals surface area contributed by atoms with E-state index in [9.17, 15) is 0 Å². The average Bonchev–Trinajstić information content (AvgIpc) is 2.51. The summed E-state index contributed by atoms with van der Waals surface area (Å²) in [6.45, 7) is 11.1. The van der Waals surface area contributed by atoms with Crippen LogP contribution in [0.2, 0.25) is 0 Å². The van der Waals surface area contributed by atoms with Gasteiger partial charge in [0.15, 0.2) is 0 Å². The molecule has 0 aromatic rings. The van der Waals surface area contributed by atoms with Gasteiger partial charge in [-0.2, -0.15) is 0 Å². The highest BCUT2D eigenvalue weighted by Gasteiger charge is 2.67. The first kappa shape index (κ1) is 16.9. The summed E-state index contributed by atoms with van der Waals surface area (Å²) in [5, 5.41) is 0. The lowest BCUT2D eigenvalue weighted by molar-refractivity contribution is -0.226. The minimum Gasteiger partial charge on any atom is -0.0588 e. The molecule has 0 N–H and O–H groups in total. The summed E-state index contributed by atoms with van der Waals surface area (Å²) in [7, 11) is 0. The van der Waals surface area contributed by atoms with E-state index in [4.69, 9.17) is 0 Å². The minimum absolute atomic E-state index is 0.502. The summed E-state index contributed by atoms with van der Waals surface area (Å²) in [4.78, 5) is 0. The summed E-state index contributed by atoms with van der Waals surface area (Å²) < 4.78 is 0. The first-order valence-corrected chi connectivity index (χ1v) is 12.2. The molecule has 0 spiro atoms. The Bertz CT molecular complexity index is 481. The van der Waals surface area contributed by atoms with Crippen molar-refractivity contribution < 1.29 is 0 Å². The van der Waals surface area contributed by atoms with Crippen molar-refractivity contribution in [2.24, 2.45) is 57.2 Å². The molecule has 0 heterocycles. The molecule has 0 heteroatoms. The molecule has 0 aliphatic heterocycles. The molecule has 8 bridgehead atoms. The molecule has 0 atom stereocenters. The molecule has 0 unspecified atom stereocenters. The van der Waals surface area contributed by atoms with Gasteiger partial charge in [0.2, 0.25) is 0 Å². The van der Waals surface area contributed by atoms with Crippen LogP contribution >= 0.6 is 0 Å². The van der Waals surface area contributed by atoms with Gasteiger partial charge in [-0.15, -0.1) is 0 Å². The van der Waals surface area contributed by atoms with E-state index < -0.39 is 0 Å². The highest BCUT2D eigenvalue weighted by atomic mass is 14.7. The van der Waals surface area contributed by atoms with Crippen LogP contribution in [0.15, 0.2) is 0 Å². The van der Waals surface area contributed by atoms with Gasteiger partial charge in [0.05, 0.1) is 0 Å². The van der Waals surface area contributed by atoms with Crippen molar-refractivity contribution >= 4 is 0 Å². The Morgan fingerprint density at radius 1 is 0.423 bits per heavy atom. The van der Waals surface area contributed by atoms with Gasteiger partial charge in [0.1, 0.15) is 0 Å². The van der Waals surface area contributed by atoms with E-state index >= 15 is 0 Å². The molecule has 8 rings (SSSR count). The first-order valence-electron chi connectivity index (χ1n) is 12.2. The smallest absolute Gasteiger partial charge is 0.0233 e. The van der Waals surface area contributed by atoms with Crippen LogP contribution in [0.25, 0.3) is 0 Å². The van der Waals surface area contributed by atoms with Gasteiger partial charge in [0, 0.05) is 0 Å². The molecule has 146 valence electrons. The van der Waals surface area contributed by atoms with Gasteiger partial charge in [0.25, 0.3) is 0 Å². The van der Waals surface area contributed by atoms with E-state index in [1.165, 1.54) is 0 Å². The van der Waals surface area contributed by atoms with E-state index in [1.807, 2.05) is 0 Å². The normalized spacial score (nSPS) is 54.9. The summed E-state index contributed by atoms with van der Waals surface area (Å²) in [6.07, 6.45) is 19.1. The predicted molar refractivity (Wildman–Crippen MR) is 109 cm³/mol. The molecule has 0 amide bonds. The Labute approximate surface area is 162 Å². The standard InChI is InChI=1S/C26H42/c1-23(2,25-11-17-5-18(12-25)7-19(6-17)13-25)24(3,4)26-14-20-8-21(15-26)10-22(9-20)16-26/h17-22H,5-16H2,1-4H3. The van der Waals surface area contributed by atoms with Gasteiger partial charge in [-0.3, -0.25) is 0 Å². The van der Waals surface area contributed by atoms with Gasteiger partial charge in [-0.05, 0) is 134 Å². The summed E-state index contributed by atoms with van der Waals surface area (Å²) in [5.74, 6) is 6.54. The lowest BCUT2D eigenvalue weighted by Gasteiger charge is -2.72. The van der Waals surface area contributed by atoms with Crippen LogP contribution in [-0.2, 0) is 0 Å². The second-order valence-electron chi connectivity index (χ2n) is 13.6. The third-order valence-corrected chi connectivity index (χ3v) is 12.3. The lowest BCUT2D eigenvalue weighted by Crippen LogP contribution is -2.63. The molecule has 0 aromatic carbocycles. The maximum atomic E-state index is 2.76. The fourth-order valence-electron chi connectivity index (χ4n) is 11.1. The second kappa shape index (κ2) is 4.94. The number of hydrogen-bond acceptors (Lipinski definition) is 0. The van der Waals surface area contributed by atoms with Crippen molar-refractivity contribution in [3.63, 3.8) is 0 Å². The first-order chi connectivity index (χ1) is 12.2. The average molecular weight is 355 g/mol. The summed E-state index contributed by atoms with van der Waals surface area (Å²) >= 11 is 0. The van der Waals surface area contributed by atoms with Crippen molar-refractivity contribution in [2.45, 2.75) is 105 Å². The van der Waals surface area contributed by atoms with E-state index in [0.29, 0.717) is 21.7 Å². The van der Waals surface area contributed by atoms with Gasteiger partial charge < -0.3 is 0 Å². The van der Waals surface area contributed by atoms with E-state index in [1.54, 1.807) is 77.0 Å². The van der Waals surface area contributed by atoms with Crippen LogP contribution in [0.1, 0.15) is 105 Å². The highest BCUT2D eigenvalue weighted by molar-refractivity contribution is 5.16. The van der Waals surface area contributed by atoms with Crippen LogP contribution < -0.4 is 0 Å². The Hall–Kier alpha value is 0. The molecular formula is C26H42. The molecule has 0 saturated heterocycles. The summed E-state index contributed by atoms with van der Waals surface area (Å²) in [6, 6.07) is 0. The predicted octanol–water partition coefficient (Wildman–Crippen LogP) is 7.47. The molecule has 8 aliphatic carbocycles. The maximum absolute atomic E-state index is 2.76. The van der Waals surface area contributed by atoms with Crippen LogP contribution in [-0.4, -0.2) is 0 Å². The van der Waals surface area contributed by atoms with Gasteiger partial charge in [-0.1, -0.05) is 27.7 Å². The quantitative estimate of drug-likeness (QED) is 0.493. The third-order valence-electron chi connectivity index (χ3n) is 12.3. The zero-order chi connectivity index (χ0) is 17.9. The fourth-order valence-corrected chi connectivity index (χ4v) is 11.1. The fraction of sp³-hybridized carbons (Fsp3) is 1.00. The third kappa shape index (κ3) is 1.94. The van der Waals surface area contributed by atoms with Crippen LogP contribution in [0.4, 0.5) is 0 Å². The zero-order valence-electron chi connectivity index (χ0n) is 17.9. The van der Waals surface area contributed by atoms with Crippen molar-refractivity contribution in [1.82, 2.24) is 0 Å². The van der Waals surface area contributed by atoms with Crippen molar-refractivity contribution in [2.75, 3.05) is 0 Å². The Kier molecular flexibility index (Phi) is 3.21. The monoisotopic (exact) mass is 354 g/mol. The highest BCUT2D eigenvalue weighted by Crippen LogP contribution is 2.76. The molecule has 0 radical (unpaired) electrons. The van der Waals surface area contributed by atoms with Gasteiger partial charge >= 0.3 is 0 Å².